The monoisotopic (exact) mass is 204 g/mol. The fourth-order valence-corrected chi connectivity index (χ4v) is 1.37. The first-order chi connectivity index (χ1) is 6.76. The van der Waals surface area contributed by atoms with Gasteiger partial charge in [-0.2, -0.15) is 10.5 Å². The lowest BCUT2D eigenvalue weighted by Gasteiger charge is -1.94. The number of thioether (sulfide) groups is 1. The van der Waals surface area contributed by atoms with E-state index in [1.807, 2.05) is 0 Å². The maximum Gasteiger partial charge on any atom is 0.136 e. The second-order valence-electron chi connectivity index (χ2n) is 2.33. The van der Waals surface area contributed by atoms with Crippen molar-refractivity contribution in [3.05, 3.63) is 41.1 Å². The quantitative estimate of drug-likeness (QED) is 0.549. The van der Waals surface area contributed by atoms with Crippen molar-refractivity contribution in [2.75, 3.05) is 0 Å². The summed E-state index contributed by atoms with van der Waals surface area (Å²) in [5, 5.41) is 18.3. The van der Waals surface area contributed by atoms with Crippen molar-refractivity contribution in [3.63, 3.8) is 0 Å². The molecule has 0 saturated carbocycles. The van der Waals surface area contributed by atoms with Crippen LogP contribution in [0.3, 0.4) is 0 Å². The van der Waals surface area contributed by atoms with Gasteiger partial charge in [0, 0.05) is 10.3 Å². The summed E-state index contributed by atoms with van der Waals surface area (Å²) in [7, 11) is 0. The molecule has 0 heterocycles. The summed E-state index contributed by atoms with van der Waals surface area (Å²) in [5.74, 6) is -0.306. The first-order valence-corrected chi connectivity index (χ1v) is 4.57. The SMILES string of the molecule is N#CC(C#N)=CSc1ccc(F)cc1. The van der Waals surface area contributed by atoms with Crippen LogP contribution in [-0.2, 0) is 0 Å². The van der Waals surface area contributed by atoms with Crippen LogP contribution < -0.4 is 0 Å². The van der Waals surface area contributed by atoms with Crippen molar-refractivity contribution in [2.24, 2.45) is 0 Å². The fraction of sp³-hybridized carbons (Fsp3) is 0. The topological polar surface area (TPSA) is 47.6 Å². The summed E-state index contributed by atoms with van der Waals surface area (Å²) in [5.41, 5.74) is 0.0410. The number of allylic oxidation sites excluding steroid dienone is 1. The van der Waals surface area contributed by atoms with Crippen molar-refractivity contribution in [3.8, 4) is 12.1 Å². The van der Waals surface area contributed by atoms with Crippen molar-refractivity contribution >= 4 is 11.8 Å². The van der Waals surface area contributed by atoms with Gasteiger partial charge in [0.15, 0.2) is 0 Å². The second kappa shape index (κ2) is 5.06. The molecule has 0 bridgehead atoms. The van der Waals surface area contributed by atoms with E-state index >= 15 is 0 Å². The normalized spacial score (nSPS) is 8.50. The zero-order valence-electron chi connectivity index (χ0n) is 7.07. The van der Waals surface area contributed by atoms with Gasteiger partial charge in [-0.15, -0.1) is 0 Å². The molecule has 68 valence electrons. The number of nitrogens with zero attached hydrogens (tertiary/aromatic N) is 2. The molecule has 2 nitrogen and oxygen atoms in total. The van der Waals surface area contributed by atoms with Gasteiger partial charge in [-0.1, -0.05) is 11.8 Å². The van der Waals surface area contributed by atoms with E-state index in [-0.39, 0.29) is 11.4 Å². The molecule has 0 unspecified atom stereocenters. The molecule has 0 amide bonds. The fourth-order valence-electron chi connectivity index (χ4n) is 0.718. The largest absolute Gasteiger partial charge is 0.207 e. The summed E-state index contributed by atoms with van der Waals surface area (Å²) < 4.78 is 12.5. The third-order valence-corrected chi connectivity index (χ3v) is 2.27. The standard InChI is InChI=1S/C10H5FN2S/c11-9-1-3-10(4-2-9)14-7-8(5-12)6-13/h1-4,7H. The van der Waals surface area contributed by atoms with Gasteiger partial charge >= 0.3 is 0 Å². The van der Waals surface area contributed by atoms with Gasteiger partial charge in [0.05, 0.1) is 0 Å². The van der Waals surface area contributed by atoms with Gasteiger partial charge < -0.3 is 0 Å². The minimum atomic E-state index is -0.306. The van der Waals surface area contributed by atoms with Crippen LogP contribution >= 0.6 is 11.8 Å². The molecule has 0 spiro atoms. The van der Waals surface area contributed by atoms with Gasteiger partial charge in [-0.05, 0) is 24.3 Å². The molecule has 14 heavy (non-hydrogen) atoms. The molecular formula is C10H5FN2S. The minimum Gasteiger partial charge on any atom is -0.207 e. The summed E-state index contributed by atoms with van der Waals surface area (Å²) in [6.07, 6.45) is 0. The Kier molecular flexibility index (Phi) is 3.72. The van der Waals surface area contributed by atoms with Crippen LogP contribution in [0.1, 0.15) is 0 Å². The summed E-state index contributed by atoms with van der Waals surface area (Å²) in [4.78, 5) is 0.786. The van der Waals surface area contributed by atoms with Gasteiger partial charge in [0.2, 0.25) is 0 Å². The number of rotatable bonds is 2. The number of benzene rings is 1. The van der Waals surface area contributed by atoms with E-state index in [4.69, 9.17) is 10.5 Å². The zero-order chi connectivity index (χ0) is 10.4. The van der Waals surface area contributed by atoms with Gasteiger partial charge in [-0.3, -0.25) is 0 Å². The Balaban J connectivity index is 2.73. The highest BCUT2D eigenvalue weighted by Gasteiger charge is 1.94. The molecule has 4 heteroatoms. The first-order valence-electron chi connectivity index (χ1n) is 3.69. The molecule has 0 N–H and O–H groups in total. The molecule has 0 aliphatic carbocycles. The third kappa shape index (κ3) is 2.93. The number of nitriles is 2. The molecule has 0 fully saturated rings. The van der Waals surface area contributed by atoms with Crippen LogP contribution in [0, 0.1) is 28.5 Å². The number of halogens is 1. The summed E-state index contributed by atoms with van der Waals surface area (Å²) in [6, 6.07) is 9.31. The van der Waals surface area contributed by atoms with Gasteiger partial charge in [0.1, 0.15) is 23.5 Å². The van der Waals surface area contributed by atoms with Gasteiger partial charge in [0.25, 0.3) is 0 Å². The highest BCUT2D eigenvalue weighted by atomic mass is 32.2. The van der Waals surface area contributed by atoms with E-state index in [1.165, 1.54) is 29.3 Å². The predicted octanol–water partition coefficient (Wildman–Crippen LogP) is 2.85. The van der Waals surface area contributed by atoms with E-state index < -0.39 is 0 Å². The summed E-state index contributed by atoms with van der Waals surface area (Å²) in [6.45, 7) is 0. The van der Waals surface area contributed by atoms with Crippen molar-refractivity contribution in [1.82, 2.24) is 0 Å². The zero-order valence-corrected chi connectivity index (χ0v) is 7.88. The van der Waals surface area contributed by atoms with Crippen LogP contribution in [0.5, 0.6) is 0 Å². The third-order valence-electron chi connectivity index (χ3n) is 1.37. The first kappa shape index (κ1) is 10.3. The predicted molar refractivity (Wildman–Crippen MR) is 51.6 cm³/mol. The minimum absolute atomic E-state index is 0.0410. The average molecular weight is 204 g/mol. The highest BCUT2D eigenvalue weighted by molar-refractivity contribution is 8.02. The van der Waals surface area contributed by atoms with Crippen molar-refractivity contribution < 1.29 is 4.39 Å². The lowest BCUT2D eigenvalue weighted by molar-refractivity contribution is 0.626. The Morgan fingerprint density at radius 2 is 1.79 bits per heavy atom. The Bertz CT molecular complexity index is 407. The molecule has 0 saturated heterocycles. The highest BCUT2D eigenvalue weighted by Crippen LogP contribution is 2.20. The maximum absolute atomic E-state index is 12.5. The lowest BCUT2D eigenvalue weighted by Crippen LogP contribution is -1.73. The Labute approximate surface area is 85.3 Å². The summed E-state index contributed by atoms with van der Waals surface area (Å²) >= 11 is 1.21. The second-order valence-corrected chi connectivity index (χ2v) is 3.27. The average Bonchev–Trinajstić information content (AvgIpc) is 2.22. The van der Waals surface area contributed by atoms with E-state index in [0.717, 1.165) is 4.90 Å². The molecule has 1 aromatic rings. The Morgan fingerprint density at radius 1 is 1.21 bits per heavy atom. The molecule has 0 aromatic heterocycles. The van der Waals surface area contributed by atoms with E-state index in [9.17, 15) is 4.39 Å². The smallest absolute Gasteiger partial charge is 0.136 e. The van der Waals surface area contributed by atoms with Crippen LogP contribution in [0.15, 0.2) is 40.1 Å². The molecule has 0 aliphatic heterocycles. The van der Waals surface area contributed by atoms with Crippen LogP contribution in [0.2, 0.25) is 0 Å². The molecule has 1 aromatic carbocycles. The number of hydrogen-bond acceptors (Lipinski definition) is 3. The van der Waals surface area contributed by atoms with Gasteiger partial charge in [-0.25, -0.2) is 4.39 Å². The van der Waals surface area contributed by atoms with E-state index in [1.54, 1.807) is 24.3 Å². The molecule has 0 aliphatic rings. The van der Waals surface area contributed by atoms with E-state index in [2.05, 4.69) is 0 Å². The lowest BCUT2D eigenvalue weighted by atomic mass is 10.4. The molecule has 0 atom stereocenters. The van der Waals surface area contributed by atoms with Crippen LogP contribution in [0.4, 0.5) is 4.39 Å². The van der Waals surface area contributed by atoms with E-state index in [0.29, 0.717) is 0 Å². The molecular weight excluding hydrogens is 199 g/mol. The van der Waals surface area contributed by atoms with Crippen molar-refractivity contribution in [2.45, 2.75) is 4.90 Å². The molecule has 1 rings (SSSR count). The maximum atomic E-state index is 12.5. The van der Waals surface area contributed by atoms with Crippen molar-refractivity contribution in [1.29, 1.82) is 10.5 Å². The molecule has 0 radical (unpaired) electrons. The van der Waals surface area contributed by atoms with Crippen LogP contribution in [0.25, 0.3) is 0 Å². The van der Waals surface area contributed by atoms with Crippen LogP contribution in [-0.4, -0.2) is 0 Å². The Hall–Kier alpha value is -1.78. The Morgan fingerprint density at radius 3 is 2.29 bits per heavy atom. The number of hydrogen-bond donors (Lipinski definition) is 0.